The number of methoxy groups -OCH3 is 1. The van der Waals surface area contributed by atoms with Crippen LogP contribution < -0.4 is 10.1 Å². The molecule has 1 aliphatic rings. The molecule has 0 atom stereocenters. The summed E-state index contributed by atoms with van der Waals surface area (Å²) in [5.41, 5.74) is 3.08. The summed E-state index contributed by atoms with van der Waals surface area (Å²) in [4.78, 5) is 25.9. The van der Waals surface area contributed by atoms with Gasteiger partial charge in [0.25, 0.3) is 5.91 Å². The zero-order chi connectivity index (χ0) is 18.0. The highest BCUT2D eigenvalue weighted by molar-refractivity contribution is 9.10. The van der Waals surface area contributed by atoms with Gasteiger partial charge >= 0.3 is 6.03 Å². The summed E-state index contributed by atoms with van der Waals surface area (Å²) in [5.74, 6) is 0.363. The molecule has 0 saturated carbocycles. The van der Waals surface area contributed by atoms with Gasteiger partial charge in [-0.25, -0.2) is 4.79 Å². The number of hydrogen-bond acceptors (Lipinski definition) is 3. The third-order valence-corrected chi connectivity index (χ3v) is 4.53. The van der Waals surface area contributed by atoms with E-state index in [2.05, 4.69) is 21.2 Å². The SMILES string of the molecule is COc1ccc(/C=C2/NC(=O)N(Cc3ccc(C)cc3)C2=O)cc1Br. The number of nitrogens with one attached hydrogen (secondary N) is 1. The van der Waals surface area contributed by atoms with E-state index in [1.165, 1.54) is 4.90 Å². The van der Waals surface area contributed by atoms with Crippen LogP contribution in [0.2, 0.25) is 0 Å². The second kappa shape index (κ2) is 7.11. The van der Waals surface area contributed by atoms with Gasteiger partial charge < -0.3 is 10.1 Å². The summed E-state index contributed by atoms with van der Waals surface area (Å²) in [5, 5.41) is 2.63. The second-order valence-electron chi connectivity index (χ2n) is 5.76. The first-order valence-corrected chi connectivity index (χ1v) is 8.51. The molecule has 1 fully saturated rings. The van der Waals surface area contributed by atoms with Crippen LogP contribution >= 0.6 is 15.9 Å². The van der Waals surface area contributed by atoms with Gasteiger partial charge in [0.1, 0.15) is 11.4 Å². The smallest absolute Gasteiger partial charge is 0.329 e. The van der Waals surface area contributed by atoms with Crippen LogP contribution in [0.1, 0.15) is 16.7 Å². The van der Waals surface area contributed by atoms with E-state index >= 15 is 0 Å². The highest BCUT2D eigenvalue weighted by Crippen LogP contribution is 2.27. The molecule has 0 unspecified atom stereocenters. The number of benzene rings is 2. The molecule has 1 aliphatic heterocycles. The van der Waals surface area contributed by atoms with Gasteiger partial charge in [0.15, 0.2) is 0 Å². The summed E-state index contributed by atoms with van der Waals surface area (Å²) in [6.07, 6.45) is 1.65. The van der Waals surface area contributed by atoms with E-state index in [9.17, 15) is 9.59 Å². The lowest BCUT2D eigenvalue weighted by atomic mass is 10.1. The predicted molar refractivity (Wildman–Crippen MR) is 98.9 cm³/mol. The Hall–Kier alpha value is -2.60. The topological polar surface area (TPSA) is 58.6 Å². The molecule has 2 aromatic rings. The normalized spacial score (nSPS) is 15.6. The number of carbonyl (C=O) groups excluding carboxylic acids is 2. The average molecular weight is 401 g/mol. The number of carbonyl (C=O) groups is 2. The first-order chi connectivity index (χ1) is 12.0. The van der Waals surface area contributed by atoms with Crippen LogP contribution in [0.15, 0.2) is 52.6 Å². The molecule has 1 N–H and O–H groups in total. The molecule has 0 aliphatic carbocycles. The molecule has 0 spiro atoms. The monoisotopic (exact) mass is 400 g/mol. The summed E-state index contributed by atoms with van der Waals surface area (Å²) >= 11 is 3.41. The number of nitrogens with zero attached hydrogens (tertiary/aromatic N) is 1. The van der Waals surface area contributed by atoms with Gasteiger partial charge in [0.2, 0.25) is 0 Å². The van der Waals surface area contributed by atoms with E-state index in [1.54, 1.807) is 19.3 Å². The Morgan fingerprint density at radius 1 is 1.16 bits per heavy atom. The fraction of sp³-hybridized carbons (Fsp3) is 0.158. The van der Waals surface area contributed by atoms with Crippen molar-refractivity contribution in [3.8, 4) is 5.75 Å². The van der Waals surface area contributed by atoms with Crippen molar-refractivity contribution in [3.63, 3.8) is 0 Å². The van der Waals surface area contributed by atoms with Crippen LogP contribution in [0.4, 0.5) is 4.79 Å². The van der Waals surface area contributed by atoms with Crippen molar-refractivity contribution in [2.45, 2.75) is 13.5 Å². The van der Waals surface area contributed by atoms with Crippen LogP contribution in [0.25, 0.3) is 6.08 Å². The standard InChI is InChI=1S/C19H17BrN2O3/c1-12-3-5-13(6-4-12)11-22-18(23)16(21-19(22)24)10-14-7-8-17(25-2)15(20)9-14/h3-10H,11H2,1-2H3,(H,21,24)/b16-10+. The molecule has 1 saturated heterocycles. The first kappa shape index (κ1) is 17.2. The van der Waals surface area contributed by atoms with Crippen molar-refractivity contribution >= 4 is 33.9 Å². The van der Waals surface area contributed by atoms with Gasteiger partial charge in [0.05, 0.1) is 18.1 Å². The number of hydrogen-bond donors (Lipinski definition) is 1. The van der Waals surface area contributed by atoms with Crippen LogP contribution in [0.5, 0.6) is 5.75 Å². The largest absolute Gasteiger partial charge is 0.496 e. The number of amides is 3. The van der Waals surface area contributed by atoms with E-state index < -0.39 is 6.03 Å². The van der Waals surface area contributed by atoms with E-state index in [4.69, 9.17) is 4.74 Å². The fourth-order valence-electron chi connectivity index (χ4n) is 2.53. The van der Waals surface area contributed by atoms with Crippen LogP contribution in [0.3, 0.4) is 0 Å². The zero-order valence-corrected chi connectivity index (χ0v) is 15.5. The minimum absolute atomic E-state index is 0.245. The highest BCUT2D eigenvalue weighted by atomic mass is 79.9. The Kier molecular flexibility index (Phi) is 4.90. The van der Waals surface area contributed by atoms with E-state index in [0.29, 0.717) is 5.75 Å². The molecule has 5 nitrogen and oxygen atoms in total. The van der Waals surface area contributed by atoms with Crippen molar-refractivity contribution in [1.29, 1.82) is 0 Å². The minimum Gasteiger partial charge on any atom is -0.496 e. The molecule has 25 heavy (non-hydrogen) atoms. The molecule has 3 rings (SSSR count). The minimum atomic E-state index is -0.413. The average Bonchev–Trinajstić information content (AvgIpc) is 2.84. The van der Waals surface area contributed by atoms with Gasteiger partial charge in [-0.1, -0.05) is 35.9 Å². The molecule has 0 radical (unpaired) electrons. The first-order valence-electron chi connectivity index (χ1n) is 7.71. The van der Waals surface area contributed by atoms with Crippen LogP contribution in [-0.4, -0.2) is 23.9 Å². The molecule has 128 valence electrons. The van der Waals surface area contributed by atoms with Crippen molar-refractivity contribution < 1.29 is 14.3 Å². The van der Waals surface area contributed by atoms with Gasteiger partial charge in [0, 0.05) is 0 Å². The van der Waals surface area contributed by atoms with Crippen molar-refractivity contribution in [2.24, 2.45) is 0 Å². The third-order valence-electron chi connectivity index (χ3n) is 3.91. The maximum Gasteiger partial charge on any atom is 0.329 e. The van der Waals surface area contributed by atoms with Crippen molar-refractivity contribution in [1.82, 2.24) is 10.2 Å². The molecule has 2 aromatic carbocycles. The number of rotatable bonds is 4. The van der Waals surface area contributed by atoms with Gasteiger partial charge in [-0.05, 0) is 52.2 Å². The summed E-state index contributed by atoms with van der Waals surface area (Å²) < 4.78 is 5.96. The quantitative estimate of drug-likeness (QED) is 0.625. The number of urea groups is 1. The number of ether oxygens (including phenoxy) is 1. The molecule has 0 bridgehead atoms. The van der Waals surface area contributed by atoms with Crippen LogP contribution in [0, 0.1) is 6.92 Å². The zero-order valence-electron chi connectivity index (χ0n) is 13.9. The number of aryl methyl sites for hydroxylation is 1. The second-order valence-corrected chi connectivity index (χ2v) is 6.61. The maximum atomic E-state index is 12.5. The summed E-state index contributed by atoms with van der Waals surface area (Å²) in [6.45, 7) is 2.24. The summed E-state index contributed by atoms with van der Waals surface area (Å²) in [6, 6.07) is 12.8. The highest BCUT2D eigenvalue weighted by Gasteiger charge is 2.33. The predicted octanol–water partition coefficient (Wildman–Crippen LogP) is 3.86. The Bertz CT molecular complexity index is 859. The Balaban J connectivity index is 1.80. The molecule has 0 aromatic heterocycles. The molecular formula is C19H17BrN2O3. The van der Waals surface area contributed by atoms with Gasteiger partial charge in [-0.2, -0.15) is 0 Å². The molecule has 3 amide bonds. The van der Waals surface area contributed by atoms with E-state index in [-0.39, 0.29) is 18.1 Å². The van der Waals surface area contributed by atoms with Gasteiger partial charge in [-0.15, -0.1) is 0 Å². The lowest BCUT2D eigenvalue weighted by Gasteiger charge is -2.11. The fourth-order valence-corrected chi connectivity index (χ4v) is 3.09. The Morgan fingerprint density at radius 3 is 2.52 bits per heavy atom. The van der Waals surface area contributed by atoms with Crippen molar-refractivity contribution in [3.05, 3.63) is 69.3 Å². The Labute approximate surface area is 154 Å². The third kappa shape index (κ3) is 3.74. The van der Waals surface area contributed by atoms with Crippen LogP contribution in [-0.2, 0) is 11.3 Å². The lowest BCUT2D eigenvalue weighted by molar-refractivity contribution is -0.123. The van der Waals surface area contributed by atoms with Gasteiger partial charge in [-0.3, -0.25) is 9.69 Å². The molecule has 1 heterocycles. The summed E-state index contributed by atoms with van der Waals surface area (Å²) in [7, 11) is 1.59. The Morgan fingerprint density at radius 2 is 1.88 bits per heavy atom. The lowest BCUT2D eigenvalue weighted by Crippen LogP contribution is -2.30. The maximum absolute atomic E-state index is 12.5. The molecule has 6 heteroatoms. The van der Waals surface area contributed by atoms with E-state index in [0.717, 1.165) is 21.2 Å². The van der Waals surface area contributed by atoms with E-state index in [1.807, 2.05) is 43.3 Å². The molecular weight excluding hydrogens is 384 g/mol. The number of halogens is 1. The number of imide groups is 1. The van der Waals surface area contributed by atoms with Crippen molar-refractivity contribution in [2.75, 3.05) is 7.11 Å².